The second-order valence-corrected chi connectivity index (χ2v) is 11.2. The van der Waals surface area contributed by atoms with Gasteiger partial charge in [-0.1, -0.05) is 17.7 Å². The van der Waals surface area contributed by atoms with Crippen molar-refractivity contribution in [1.82, 2.24) is 4.31 Å². The molecule has 2 aliphatic rings. The first-order chi connectivity index (χ1) is 15.1. The van der Waals surface area contributed by atoms with Crippen molar-refractivity contribution in [1.29, 1.82) is 0 Å². The van der Waals surface area contributed by atoms with Gasteiger partial charge in [0, 0.05) is 30.9 Å². The summed E-state index contributed by atoms with van der Waals surface area (Å²) in [6.45, 7) is 8.87. The number of ether oxygens (including phenoxy) is 1. The number of anilines is 1. The molecule has 2 aliphatic heterocycles. The molecule has 0 bridgehead atoms. The van der Waals surface area contributed by atoms with Gasteiger partial charge in [0.05, 0.1) is 17.2 Å². The van der Waals surface area contributed by atoms with Gasteiger partial charge in [0.1, 0.15) is 4.90 Å². The Bertz CT molecular complexity index is 1150. The van der Waals surface area contributed by atoms with E-state index in [2.05, 4.69) is 13.0 Å². The van der Waals surface area contributed by atoms with Gasteiger partial charge in [-0.2, -0.15) is 4.31 Å². The second kappa shape index (κ2) is 8.78. The van der Waals surface area contributed by atoms with Crippen molar-refractivity contribution in [2.24, 2.45) is 0 Å². The Morgan fingerprint density at radius 2 is 1.78 bits per heavy atom. The van der Waals surface area contributed by atoms with Crippen LogP contribution in [0.3, 0.4) is 0 Å². The quantitative estimate of drug-likeness (QED) is 0.660. The van der Waals surface area contributed by atoms with E-state index in [0.717, 1.165) is 24.1 Å². The van der Waals surface area contributed by atoms with Crippen LogP contribution in [0.5, 0.6) is 0 Å². The summed E-state index contributed by atoms with van der Waals surface area (Å²) in [6.07, 6.45) is 1.37. The van der Waals surface area contributed by atoms with Gasteiger partial charge in [-0.3, -0.25) is 4.79 Å². The van der Waals surface area contributed by atoms with Crippen LogP contribution in [0.1, 0.15) is 47.3 Å². The number of fused-ring (bicyclic) bond motifs is 1. The number of carbonyl (C=O) groups is 1. The number of amides is 1. The molecule has 2 aromatic rings. The van der Waals surface area contributed by atoms with Gasteiger partial charge in [-0.05, 0) is 81.5 Å². The first-order valence-electron chi connectivity index (χ1n) is 10.9. The van der Waals surface area contributed by atoms with Gasteiger partial charge in [-0.25, -0.2) is 8.42 Å². The molecular weight excluding hydrogens is 448 g/mol. The summed E-state index contributed by atoms with van der Waals surface area (Å²) < 4.78 is 33.9. The van der Waals surface area contributed by atoms with E-state index in [0.29, 0.717) is 12.1 Å². The Kier molecular flexibility index (Phi) is 6.38. The fourth-order valence-corrected chi connectivity index (χ4v) is 6.83. The molecule has 0 radical (unpaired) electrons. The van der Waals surface area contributed by atoms with Gasteiger partial charge in [0.15, 0.2) is 0 Å². The number of carbonyl (C=O) groups excluding carboxylic acids is 1. The molecular formula is C24H29ClN2O4S. The summed E-state index contributed by atoms with van der Waals surface area (Å²) in [5, 5.41) is 0.110. The van der Waals surface area contributed by atoms with Crippen molar-refractivity contribution in [3.8, 4) is 0 Å². The van der Waals surface area contributed by atoms with Crippen LogP contribution in [0.2, 0.25) is 5.02 Å². The highest BCUT2D eigenvalue weighted by atomic mass is 35.5. The third kappa shape index (κ3) is 4.31. The first kappa shape index (κ1) is 23.2. The van der Waals surface area contributed by atoms with Gasteiger partial charge in [-0.15, -0.1) is 0 Å². The monoisotopic (exact) mass is 476 g/mol. The highest BCUT2D eigenvalue weighted by Gasteiger charge is 2.34. The molecule has 0 saturated carbocycles. The van der Waals surface area contributed by atoms with Crippen molar-refractivity contribution < 1.29 is 17.9 Å². The molecule has 6 nitrogen and oxygen atoms in total. The number of hydrogen-bond donors (Lipinski definition) is 0. The maximum Gasteiger partial charge on any atom is 0.258 e. The molecule has 2 heterocycles. The van der Waals surface area contributed by atoms with E-state index in [9.17, 15) is 13.2 Å². The summed E-state index contributed by atoms with van der Waals surface area (Å²) in [6, 6.07) is 8.68. The molecule has 2 atom stereocenters. The summed E-state index contributed by atoms with van der Waals surface area (Å²) in [5.74, 6) is -0.215. The minimum atomic E-state index is -3.87. The molecule has 2 aromatic carbocycles. The number of benzene rings is 2. The van der Waals surface area contributed by atoms with Crippen LogP contribution >= 0.6 is 11.6 Å². The van der Waals surface area contributed by atoms with Gasteiger partial charge in [0.25, 0.3) is 5.91 Å². The van der Waals surface area contributed by atoms with Crippen molar-refractivity contribution in [2.75, 3.05) is 24.5 Å². The Morgan fingerprint density at radius 3 is 2.47 bits per heavy atom. The van der Waals surface area contributed by atoms with E-state index in [1.807, 2.05) is 26.8 Å². The molecule has 0 N–H and O–H groups in total. The highest BCUT2D eigenvalue weighted by molar-refractivity contribution is 7.89. The fourth-order valence-electron chi connectivity index (χ4n) is 4.74. The third-order valence-electron chi connectivity index (χ3n) is 6.12. The Labute approximate surface area is 195 Å². The lowest BCUT2D eigenvalue weighted by atomic mass is 9.94. The van der Waals surface area contributed by atoms with Gasteiger partial charge < -0.3 is 9.64 Å². The van der Waals surface area contributed by atoms with Crippen molar-refractivity contribution in [2.45, 2.75) is 57.6 Å². The van der Waals surface area contributed by atoms with Crippen LogP contribution in [-0.2, 0) is 21.2 Å². The average molecular weight is 477 g/mol. The maximum atomic E-state index is 13.5. The number of hydrogen-bond acceptors (Lipinski definition) is 4. The fraction of sp³-hybridized carbons (Fsp3) is 0.458. The number of nitrogens with zero attached hydrogens (tertiary/aromatic N) is 2. The summed E-state index contributed by atoms with van der Waals surface area (Å²) in [4.78, 5) is 15.2. The molecule has 8 heteroatoms. The van der Waals surface area contributed by atoms with Crippen LogP contribution in [-0.4, -0.2) is 50.5 Å². The number of aryl methyl sites for hydroxylation is 2. The van der Waals surface area contributed by atoms with Crippen molar-refractivity contribution >= 4 is 33.2 Å². The Morgan fingerprint density at radius 1 is 1.09 bits per heavy atom. The predicted octanol–water partition coefficient (Wildman–Crippen LogP) is 4.35. The van der Waals surface area contributed by atoms with E-state index in [1.165, 1.54) is 27.6 Å². The van der Waals surface area contributed by atoms with Crippen molar-refractivity contribution in [3.05, 3.63) is 57.6 Å². The smallest absolute Gasteiger partial charge is 0.258 e. The van der Waals surface area contributed by atoms with E-state index in [4.69, 9.17) is 16.3 Å². The molecule has 4 rings (SSSR count). The summed E-state index contributed by atoms with van der Waals surface area (Å²) >= 11 is 6.32. The second-order valence-electron chi connectivity index (χ2n) is 8.86. The highest BCUT2D eigenvalue weighted by Crippen LogP contribution is 2.33. The number of sulfonamides is 1. The lowest BCUT2D eigenvalue weighted by molar-refractivity contribution is -0.0440. The minimum absolute atomic E-state index is 0.0380. The molecule has 1 fully saturated rings. The van der Waals surface area contributed by atoms with Crippen LogP contribution < -0.4 is 4.90 Å². The zero-order valence-electron chi connectivity index (χ0n) is 18.9. The Balaban J connectivity index is 1.71. The van der Waals surface area contributed by atoms with Gasteiger partial charge >= 0.3 is 0 Å². The summed E-state index contributed by atoms with van der Waals surface area (Å²) in [7, 11) is -3.87. The topological polar surface area (TPSA) is 66.9 Å². The van der Waals surface area contributed by atoms with E-state index < -0.39 is 10.0 Å². The van der Waals surface area contributed by atoms with Crippen LogP contribution in [0.4, 0.5) is 5.69 Å². The molecule has 0 spiro atoms. The molecule has 1 saturated heterocycles. The van der Waals surface area contributed by atoms with Crippen LogP contribution in [0.15, 0.2) is 35.2 Å². The Hall–Kier alpha value is -1.93. The number of halogens is 1. The van der Waals surface area contributed by atoms with E-state index >= 15 is 0 Å². The lowest BCUT2D eigenvalue weighted by Crippen LogP contribution is -2.48. The molecule has 172 valence electrons. The predicted molar refractivity (Wildman–Crippen MR) is 126 cm³/mol. The number of rotatable bonds is 3. The largest absolute Gasteiger partial charge is 0.373 e. The van der Waals surface area contributed by atoms with Crippen LogP contribution in [0, 0.1) is 13.8 Å². The molecule has 1 amide bonds. The first-order valence-corrected chi connectivity index (χ1v) is 12.8. The van der Waals surface area contributed by atoms with Crippen LogP contribution in [0.25, 0.3) is 0 Å². The number of morpholine rings is 1. The van der Waals surface area contributed by atoms with E-state index in [1.54, 1.807) is 11.0 Å². The van der Waals surface area contributed by atoms with E-state index in [-0.39, 0.29) is 41.1 Å². The average Bonchev–Trinajstić information content (AvgIpc) is 2.72. The molecule has 0 aliphatic carbocycles. The third-order valence-corrected chi connectivity index (χ3v) is 8.43. The minimum Gasteiger partial charge on any atom is -0.373 e. The molecule has 0 aromatic heterocycles. The van der Waals surface area contributed by atoms with Crippen molar-refractivity contribution in [3.63, 3.8) is 0 Å². The lowest BCUT2D eigenvalue weighted by Gasteiger charge is -2.34. The molecule has 2 unspecified atom stereocenters. The van der Waals surface area contributed by atoms with Gasteiger partial charge in [0.2, 0.25) is 10.0 Å². The maximum absolute atomic E-state index is 13.5. The zero-order chi connectivity index (χ0) is 23.2. The SMILES string of the molecule is Cc1cc(C)c2c(c1)N(C(=O)c1ccc(Cl)c(S(=O)(=O)N3CC(C)OC(C)C3)c1)CCC2. The zero-order valence-corrected chi connectivity index (χ0v) is 20.5. The molecule has 32 heavy (non-hydrogen) atoms. The summed E-state index contributed by atoms with van der Waals surface area (Å²) in [5.41, 5.74) is 4.67. The normalized spacial score (nSPS) is 22.0. The standard InChI is InChI=1S/C24H29ClN2O4S/c1-15-10-16(2)20-6-5-9-27(22(20)11-15)24(28)19-7-8-21(25)23(12-19)32(29,30)26-13-17(3)31-18(4)14-26/h7-8,10-12,17-18H,5-6,9,13-14H2,1-4H3.